The van der Waals surface area contributed by atoms with Gasteiger partial charge in [0.15, 0.2) is 5.78 Å². The molecule has 0 fully saturated rings. The highest BCUT2D eigenvalue weighted by molar-refractivity contribution is 9.10. The van der Waals surface area contributed by atoms with E-state index < -0.39 is 0 Å². The number of aromatic nitrogens is 2. The summed E-state index contributed by atoms with van der Waals surface area (Å²) < 4.78 is 0.926. The van der Waals surface area contributed by atoms with Crippen molar-refractivity contribution in [2.45, 2.75) is 6.92 Å². The minimum absolute atomic E-state index is 0.0189. The molecule has 0 bridgehead atoms. The lowest BCUT2D eigenvalue weighted by atomic mass is 10.3. The van der Waals surface area contributed by atoms with Crippen LogP contribution in [0, 0.1) is 0 Å². The van der Waals surface area contributed by atoms with Gasteiger partial charge in [-0.15, -0.1) is 11.3 Å². The molecule has 0 saturated heterocycles. The Morgan fingerprint density at radius 1 is 1.47 bits per heavy atom. The van der Waals surface area contributed by atoms with E-state index in [1.807, 2.05) is 12.1 Å². The topological polar surface area (TPSA) is 42.9 Å². The van der Waals surface area contributed by atoms with Gasteiger partial charge in [0, 0.05) is 23.0 Å². The molecule has 0 amide bonds. The number of carbonyl (C=O) groups is 1. The van der Waals surface area contributed by atoms with Crippen LogP contribution in [0.5, 0.6) is 0 Å². The minimum atomic E-state index is -0.0189. The first kappa shape index (κ1) is 10.4. The summed E-state index contributed by atoms with van der Waals surface area (Å²) in [5.41, 5.74) is 1.29. The molecule has 5 heteroatoms. The summed E-state index contributed by atoms with van der Waals surface area (Å²) in [4.78, 5) is 19.5. The highest BCUT2D eigenvalue weighted by Gasteiger charge is 2.08. The van der Waals surface area contributed by atoms with Crippen LogP contribution < -0.4 is 0 Å². The Kier molecular flexibility index (Phi) is 2.93. The third-order valence-corrected chi connectivity index (χ3v) is 3.15. The Balaban J connectivity index is 2.37. The fraction of sp³-hybridized carbons (Fsp3) is 0.100. The first-order valence-electron chi connectivity index (χ1n) is 4.25. The lowest BCUT2D eigenvalue weighted by Gasteiger charge is -1.94. The maximum Gasteiger partial charge on any atom is 0.178 e. The Bertz CT molecular complexity index is 492. The summed E-state index contributed by atoms with van der Waals surface area (Å²) in [6.45, 7) is 1.51. The molecule has 0 spiro atoms. The van der Waals surface area contributed by atoms with Crippen molar-refractivity contribution < 1.29 is 4.79 Å². The van der Waals surface area contributed by atoms with Gasteiger partial charge in [0.05, 0.1) is 5.69 Å². The molecule has 2 aromatic rings. The quantitative estimate of drug-likeness (QED) is 0.795. The number of halogens is 1. The Morgan fingerprint density at radius 3 is 2.80 bits per heavy atom. The summed E-state index contributed by atoms with van der Waals surface area (Å²) in [6, 6.07) is 3.77. The maximum absolute atomic E-state index is 11.1. The molecule has 3 nitrogen and oxygen atoms in total. The Hall–Kier alpha value is -1.07. The van der Waals surface area contributed by atoms with Gasteiger partial charge in [0.2, 0.25) is 0 Å². The second kappa shape index (κ2) is 4.20. The Morgan fingerprint density at radius 2 is 2.27 bits per heavy atom. The third kappa shape index (κ3) is 2.30. The van der Waals surface area contributed by atoms with Gasteiger partial charge in [0.1, 0.15) is 10.7 Å². The molecule has 0 atom stereocenters. The van der Waals surface area contributed by atoms with E-state index in [9.17, 15) is 4.79 Å². The number of thiazole rings is 1. The van der Waals surface area contributed by atoms with Crippen LogP contribution in [0.1, 0.15) is 17.4 Å². The molecule has 0 aromatic carbocycles. The zero-order chi connectivity index (χ0) is 10.8. The van der Waals surface area contributed by atoms with Gasteiger partial charge < -0.3 is 0 Å². The number of hydrogen-bond donors (Lipinski definition) is 0. The van der Waals surface area contributed by atoms with Crippen molar-refractivity contribution in [3.05, 3.63) is 33.9 Å². The van der Waals surface area contributed by atoms with Crippen LogP contribution in [-0.2, 0) is 0 Å². The molecule has 2 aromatic heterocycles. The van der Waals surface area contributed by atoms with E-state index in [1.54, 1.807) is 11.6 Å². The van der Waals surface area contributed by atoms with Gasteiger partial charge in [-0.3, -0.25) is 9.78 Å². The van der Waals surface area contributed by atoms with Crippen molar-refractivity contribution in [3.63, 3.8) is 0 Å². The van der Waals surface area contributed by atoms with E-state index in [4.69, 9.17) is 0 Å². The largest absolute Gasteiger partial charge is 0.293 e. The van der Waals surface area contributed by atoms with Gasteiger partial charge in [-0.1, -0.05) is 0 Å². The zero-order valence-electron chi connectivity index (χ0n) is 7.90. The molecular weight excluding hydrogens is 276 g/mol. The molecule has 0 N–H and O–H groups in total. The number of rotatable bonds is 2. The zero-order valence-corrected chi connectivity index (χ0v) is 10.3. The van der Waals surface area contributed by atoms with Gasteiger partial charge >= 0.3 is 0 Å². The SMILES string of the molecule is CC(=O)c1csc(-c2ccc(Br)cn2)n1. The monoisotopic (exact) mass is 282 g/mol. The standard InChI is InChI=1S/C10H7BrN2OS/c1-6(14)9-5-15-10(13-9)8-3-2-7(11)4-12-8/h2-5H,1H3. The predicted molar refractivity (Wildman–Crippen MR) is 63.0 cm³/mol. The van der Waals surface area contributed by atoms with Crippen LogP contribution >= 0.6 is 27.3 Å². The molecule has 2 heterocycles. The van der Waals surface area contributed by atoms with E-state index in [2.05, 4.69) is 25.9 Å². The smallest absolute Gasteiger partial charge is 0.178 e. The summed E-state index contributed by atoms with van der Waals surface area (Å²) in [6.07, 6.45) is 1.71. The van der Waals surface area contributed by atoms with E-state index in [1.165, 1.54) is 18.3 Å². The lowest BCUT2D eigenvalue weighted by Crippen LogP contribution is -1.91. The molecule has 0 aliphatic heterocycles. The fourth-order valence-corrected chi connectivity index (χ4v) is 2.12. The number of nitrogens with zero attached hydrogens (tertiary/aromatic N) is 2. The van der Waals surface area contributed by atoms with E-state index in [-0.39, 0.29) is 5.78 Å². The van der Waals surface area contributed by atoms with Crippen molar-refractivity contribution in [1.29, 1.82) is 0 Å². The number of ketones is 1. The summed E-state index contributed by atoms with van der Waals surface area (Å²) in [5.74, 6) is -0.0189. The second-order valence-corrected chi connectivity index (χ2v) is 4.73. The second-order valence-electron chi connectivity index (χ2n) is 2.96. The maximum atomic E-state index is 11.1. The molecule has 0 radical (unpaired) electrons. The average molecular weight is 283 g/mol. The van der Waals surface area contributed by atoms with Crippen molar-refractivity contribution in [2.75, 3.05) is 0 Å². The van der Waals surface area contributed by atoms with Gasteiger partial charge in [-0.2, -0.15) is 0 Å². The van der Waals surface area contributed by atoms with Crippen molar-refractivity contribution >= 4 is 33.0 Å². The number of hydrogen-bond acceptors (Lipinski definition) is 4. The first-order chi connectivity index (χ1) is 7.16. The number of carbonyl (C=O) groups excluding carboxylic acids is 1. The number of Topliss-reactive ketones (excluding diaryl/α,β-unsaturated/α-hetero) is 1. The molecule has 15 heavy (non-hydrogen) atoms. The molecule has 76 valence electrons. The van der Waals surface area contributed by atoms with Crippen LogP contribution in [0.15, 0.2) is 28.2 Å². The van der Waals surface area contributed by atoms with Gasteiger partial charge in [-0.25, -0.2) is 4.98 Å². The summed E-state index contributed by atoms with van der Waals surface area (Å²) in [5, 5.41) is 2.52. The van der Waals surface area contributed by atoms with Gasteiger partial charge in [-0.05, 0) is 28.1 Å². The summed E-state index contributed by atoms with van der Waals surface area (Å²) >= 11 is 4.74. The van der Waals surface area contributed by atoms with Crippen molar-refractivity contribution in [2.24, 2.45) is 0 Å². The highest BCUT2D eigenvalue weighted by Crippen LogP contribution is 2.22. The number of pyridine rings is 1. The van der Waals surface area contributed by atoms with Crippen molar-refractivity contribution in [3.8, 4) is 10.7 Å². The molecule has 2 rings (SSSR count). The molecule has 0 saturated carbocycles. The van der Waals surface area contributed by atoms with Crippen LogP contribution in [0.25, 0.3) is 10.7 Å². The minimum Gasteiger partial charge on any atom is -0.293 e. The molecule has 0 unspecified atom stereocenters. The van der Waals surface area contributed by atoms with Crippen LogP contribution in [0.4, 0.5) is 0 Å². The van der Waals surface area contributed by atoms with Crippen LogP contribution in [0.3, 0.4) is 0 Å². The molecular formula is C10H7BrN2OS. The van der Waals surface area contributed by atoms with E-state index >= 15 is 0 Å². The lowest BCUT2D eigenvalue weighted by molar-refractivity contribution is 0.101. The normalized spacial score (nSPS) is 10.3. The van der Waals surface area contributed by atoms with Crippen LogP contribution in [-0.4, -0.2) is 15.8 Å². The van der Waals surface area contributed by atoms with Crippen molar-refractivity contribution in [1.82, 2.24) is 9.97 Å². The predicted octanol–water partition coefficient (Wildman–Crippen LogP) is 3.17. The average Bonchev–Trinajstić information content (AvgIpc) is 2.68. The van der Waals surface area contributed by atoms with Gasteiger partial charge in [0.25, 0.3) is 0 Å². The van der Waals surface area contributed by atoms with E-state index in [0.717, 1.165) is 15.2 Å². The fourth-order valence-electron chi connectivity index (χ4n) is 1.06. The third-order valence-electron chi connectivity index (χ3n) is 1.81. The molecule has 0 aliphatic carbocycles. The molecule has 0 aliphatic rings. The van der Waals surface area contributed by atoms with Crippen LogP contribution in [0.2, 0.25) is 0 Å². The highest BCUT2D eigenvalue weighted by atomic mass is 79.9. The summed E-state index contributed by atoms with van der Waals surface area (Å²) in [7, 11) is 0. The van der Waals surface area contributed by atoms with E-state index in [0.29, 0.717) is 5.69 Å². The Labute approximate surface area is 99.3 Å². The first-order valence-corrected chi connectivity index (χ1v) is 5.92.